The molecule has 0 aliphatic carbocycles. The molecule has 3 aromatic rings. The van der Waals surface area contributed by atoms with Crippen LogP contribution in [0.3, 0.4) is 0 Å². The molecule has 0 radical (unpaired) electrons. The number of aromatic nitrogens is 2. The third kappa shape index (κ3) is 10.4. The summed E-state index contributed by atoms with van der Waals surface area (Å²) in [5.41, 5.74) is -0.988. The molecule has 3 amide bonds. The lowest BCUT2D eigenvalue weighted by atomic mass is 9.79. The third-order valence-electron chi connectivity index (χ3n) is 8.82. The van der Waals surface area contributed by atoms with E-state index in [-0.39, 0.29) is 50.5 Å². The summed E-state index contributed by atoms with van der Waals surface area (Å²) in [5, 5.41) is 28.8. The van der Waals surface area contributed by atoms with Crippen LogP contribution < -0.4 is 10.6 Å². The molecule has 0 bridgehead atoms. The molecule has 0 saturated carbocycles. The van der Waals surface area contributed by atoms with Crippen LogP contribution in [0.2, 0.25) is 0 Å². The second-order valence-corrected chi connectivity index (χ2v) is 13.2. The molecule has 0 saturated heterocycles. The fraction of sp³-hybridized carbons (Fsp3) is 0.500. The van der Waals surface area contributed by atoms with Crippen molar-refractivity contribution in [2.45, 2.75) is 77.5 Å². The number of nitrogens with one attached hydrogen (secondary N) is 3. The first-order chi connectivity index (χ1) is 23.2. The van der Waals surface area contributed by atoms with Gasteiger partial charge in [0, 0.05) is 32.6 Å². The van der Waals surface area contributed by atoms with Crippen LogP contribution in [0.5, 0.6) is 0 Å². The number of rotatable bonds is 18. The van der Waals surface area contributed by atoms with Gasteiger partial charge < -0.3 is 35.5 Å². The van der Waals surface area contributed by atoms with Gasteiger partial charge in [-0.1, -0.05) is 70.2 Å². The molecule has 2 aromatic carbocycles. The van der Waals surface area contributed by atoms with Crippen LogP contribution >= 0.6 is 0 Å². The Balaban J connectivity index is 1.96. The van der Waals surface area contributed by atoms with Crippen molar-refractivity contribution in [1.82, 2.24) is 25.5 Å². The SMILES string of the molecule is COC(=O)CCN(C)C(=O)CC(Cc1cccc2ccccc12)C(=O)N[C@@H](Cc1c[nH]cn1)C(=O)N[C@@H](CC(C)C)C(O)(C(=O)O)C(C)C. The van der Waals surface area contributed by atoms with E-state index < -0.39 is 53.3 Å². The van der Waals surface area contributed by atoms with E-state index in [0.717, 1.165) is 16.3 Å². The Morgan fingerprint density at radius 2 is 1.67 bits per heavy atom. The highest BCUT2D eigenvalue weighted by molar-refractivity contribution is 5.92. The van der Waals surface area contributed by atoms with Crippen LogP contribution in [0, 0.1) is 17.8 Å². The summed E-state index contributed by atoms with van der Waals surface area (Å²) < 4.78 is 4.69. The summed E-state index contributed by atoms with van der Waals surface area (Å²) in [6.45, 7) is 6.92. The quantitative estimate of drug-likeness (QED) is 0.126. The standard InChI is InChI=1S/C36H49N5O8/c1-22(2)16-30(36(48,23(3)4)35(46)47)40-34(45)29(19-27-20-37-21-38-27)39-33(44)26(18-31(42)41(5)15-14-32(43)49-6)17-25-12-9-11-24-10-7-8-13-28(24)25/h7-13,20-23,26,29-30,48H,14-19H2,1-6H3,(H,37,38)(H,39,44)(H,40,45)(H,46,47)/t26?,29-,30-,36?/m0/s1. The lowest BCUT2D eigenvalue weighted by molar-refractivity contribution is -0.169. The minimum absolute atomic E-state index is 0.0125. The molecule has 2 unspecified atom stereocenters. The number of fused-ring (bicyclic) bond motifs is 1. The van der Waals surface area contributed by atoms with Crippen molar-refractivity contribution >= 4 is 40.4 Å². The third-order valence-corrected chi connectivity index (χ3v) is 8.82. The Labute approximate surface area is 286 Å². The fourth-order valence-corrected chi connectivity index (χ4v) is 5.85. The summed E-state index contributed by atoms with van der Waals surface area (Å²) in [6.07, 6.45) is 3.06. The molecule has 4 atom stereocenters. The van der Waals surface area contributed by atoms with E-state index in [9.17, 15) is 34.2 Å². The number of nitrogens with zero attached hydrogens (tertiary/aromatic N) is 2. The van der Waals surface area contributed by atoms with Gasteiger partial charge in [0.05, 0.1) is 37.5 Å². The molecule has 1 heterocycles. The number of H-pyrrole nitrogens is 1. The Morgan fingerprint density at radius 1 is 0.980 bits per heavy atom. The maximum atomic E-state index is 14.2. The molecule has 5 N–H and O–H groups in total. The molecule has 13 heteroatoms. The minimum Gasteiger partial charge on any atom is -0.479 e. The molecular formula is C36H49N5O8. The molecule has 0 spiro atoms. The van der Waals surface area contributed by atoms with Gasteiger partial charge in [0.2, 0.25) is 17.7 Å². The average Bonchev–Trinajstić information content (AvgIpc) is 3.58. The number of esters is 1. The number of carbonyl (C=O) groups excluding carboxylic acids is 4. The van der Waals surface area contributed by atoms with Crippen molar-refractivity contribution in [3.63, 3.8) is 0 Å². The molecule has 0 aliphatic heterocycles. The zero-order valence-electron chi connectivity index (χ0n) is 29.1. The first-order valence-electron chi connectivity index (χ1n) is 16.5. The number of amides is 3. The number of carboxylic acids is 1. The predicted molar refractivity (Wildman–Crippen MR) is 183 cm³/mol. The smallest absolute Gasteiger partial charge is 0.338 e. The Morgan fingerprint density at radius 3 is 2.29 bits per heavy atom. The topological polar surface area (TPSA) is 191 Å². The second-order valence-electron chi connectivity index (χ2n) is 13.2. The van der Waals surface area contributed by atoms with Crippen molar-refractivity contribution in [3.8, 4) is 0 Å². The van der Waals surface area contributed by atoms with Gasteiger partial charge >= 0.3 is 11.9 Å². The lowest BCUT2D eigenvalue weighted by Gasteiger charge is -2.38. The number of hydrogen-bond donors (Lipinski definition) is 5. The maximum Gasteiger partial charge on any atom is 0.338 e. The number of carboxylic acid groups (broad SMARTS) is 1. The average molecular weight is 680 g/mol. The molecular weight excluding hydrogens is 630 g/mol. The van der Waals surface area contributed by atoms with Gasteiger partial charge in [-0.05, 0) is 41.0 Å². The number of ether oxygens (including phenoxy) is 1. The zero-order chi connectivity index (χ0) is 36.3. The van der Waals surface area contributed by atoms with Crippen LogP contribution in [0.25, 0.3) is 10.8 Å². The highest BCUT2D eigenvalue weighted by Crippen LogP contribution is 2.27. The molecule has 13 nitrogen and oxygen atoms in total. The van der Waals surface area contributed by atoms with E-state index in [1.165, 1.54) is 18.3 Å². The van der Waals surface area contributed by atoms with Crippen LogP contribution in [-0.2, 0) is 41.6 Å². The van der Waals surface area contributed by atoms with Gasteiger partial charge in [-0.3, -0.25) is 19.2 Å². The number of hydrogen-bond acceptors (Lipinski definition) is 8. The van der Waals surface area contributed by atoms with Crippen LogP contribution in [0.4, 0.5) is 0 Å². The Kier molecular flexibility index (Phi) is 13.9. The predicted octanol–water partition coefficient (Wildman–Crippen LogP) is 2.86. The largest absolute Gasteiger partial charge is 0.479 e. The lowest BCUT2D eigenvalue weighted by Crippen LogP contribution is -2.63. The van der Waals surface area contributed by atoms with Gasteiger partial charge in [-0.2, -0.15) is 0 Å². The highest BCUT2D eigenvalue weighted by Gasteiger charge is 2.48. The van der Waals surface area contributed by atoms with Crippen molar-refractivity contribution in [2.75, 3.05) is 20.7 Å². The summed E-state index contributed by atoms with van der Waals surface area (Å²) in [4.78, 5) is 74.0. The minimum atomic E-state index is -2.28. The molecule has 3 rings (SSSR count). The summed E-state index contributed by atoms with van der Waals surface area (Å²) in [7, 11) is 2.81. The number of aliphatic carboxylic acids is 1. The first-order valence-corrected chi connectivity index (χ1v) is 16.5. The summed E-state index contributed by atoms with van der Waals surface area (Å²) in [6, 6.07) is 11.0. The first kappa shape index (κ1) is 38.7. The van der Waals surface area contributed by atoms with E-state index in [1.54, 1.807) is 27.1 Å². The van der Waals surface area contributed by atoms with E-state index in [1.807, 2.05) is 56.3 Å². The van der Waals surface area contributed by atoms with Crippen molar-refractivity contribution < 1.29 is 38.9 Å². The molecule has 0 fully saturated rings. The zero-order valence-corrected chi connectivity index (χ0v) is 29.1. The Hall–Kier alpha value is -4.78. The van der Waals surface area contributed by atoms with Crippen molar-refractivity contribution in [1.29, 1.82) is 0 Å². The maximum absolute atomic E-state index is 14.2. The number of aromatic amines is 1. The Bertz CT molecular complexity index is 1590. The molecule has 49 heavy (non-hydrogen) atoms. The van der Waals surface area contributed by atoms with E-state index >= 15 is 0 Å². The van der Waals surface area contributed by atoms with E-state index in [0.29, 0.717) is 5.69 Å². The van der Waals surface area contributed by atoms with Gasteiger partial charge in [0.15, 0.2) is 5.60 Å². The summed E-state index contributed by atoms with van der Waals surface area (Å²) >= 11 is 0. The van der Waals surface area contributed by atoms with Gasteiger partial charge in [0.1, 0.15) is 6.04 Å². The second kappa shape index (κ2) is 17.6. The molecule has 266 valence electrons. The van der Waals surface area contributed by atoms with Crippen molar-refractivity contribution in [2.24, 2.45) is 17.8 Å². The number of imidazole rings is 1. The van der Waals surface area contributed by atoms with Crippen LogP contribution in [0.15, 0.2) is 55.0 Å². The number of benzene rings is 2. The van der Waals surface area contributed by atoms with Gasteiger partial charge in [0.25, 0.3) is 0 Å². The van der Waals surface area contributed by atoms with Crippen LogP contribution in [0.1, 0.15) is 58.2 Å². The highest BCUT2D eigenvalue weighted by atomic mass is 16.5. The fourth-order valence-electron chi connectivity index (χ4n) is 5.85. The van der Waals surface area contributed by atoms with Gasteiger partial charge in [-0.25, -0.2) is 9.78 Å². The number of aliphatic hydroxyl groups is 1. The molecule has 1 aromatic heterocycles. The number of carbonyl (C=O) groups is 5. The van der Waals surface area contributed by atoms with Gasteiger partial charge in [-0.15, -0.1) is 0 Å². The number of methoxy groups -OCH3 is 1. The normalized spacial score (nSPS) is 14.5. The van der Waals surface area contributed by atoms with Crippen LogP contribution in [-0.4, -0.2) is 93.1 Å². The van der Waals surface area contributed by atoms with Crippen molar-refractivity contribution in [3.05, 3.63) is 66.2 Å². The summed E-state index contributed by atoms with van der Waals surface area (Å²) in [5.74, 6) is -5.35. The molecule has 0 aliphatic rings. The van der Waals surface area contributed by atoms with E-state index in [4.69, 9.17) is 0 Å². The monoisotopic (exact) mass is 679 g/mol. The van der Waals surface area contributed by atoms with E-state index in [2.05, 4.69) is 25.3 Å².